The first-order chi connectivity index (χ1) is 6.11. The zero-order chi connectivity index (χ0) is 9.84. The molecule has 0 aromatic carbocycles. The smallest absolute Gasteiger partial charge is 0.223 e. The molecule has 1 rings (SSSR count). The summed E-state index contributed by atoms with van der Waals surface area (Å²) in [6.07, 6.45) is 0. The molecule has 0 unspecified atom stereocenters. The SMILES string of the molecule is CC(=O)N1CCNC[C@H](C(N)=O)C1. The molecule has 0 bridgehead atoms. The molecule has 0 spiro atoms. The van der Waals surface area contributed by atoms with Gasteiger partial charge in [-0.3, -0.25) is 9.59 Å². The Labute approximate surface area is 77.3 Å². The van der Waals surface area contributed by atoms with Crippen LogP contribution in [0.3, 0.4) is 0 Å². The van der Waals surface area contributed by atoms with Gasteiger partial charge in [-0.1, -0.05) is 0 Å². The molecule has 0 aromatic heterocycles. The van der Waals surface area contributed by atoms with Crippen LogP contribution >= 0.6 is 0 Å². The van der Waals surface area contributed by atoms with E-state index in [0.717, 1.165) is 6.54 Å². The van der Waals surface area contributed by atoms with Crippen LogP contribution in [0.4, 0.5) is 0 Å². The molecule has 13 heavy (non-hydrogen) atoms. The number of primary amides is 1. The van der Waals surface area contributed by atoms with Crippen LogP contribution in [0.15, 0.2) is 0 Å². The van der Waals surface area contributed by atoms with Crippen molar-refractivity contribution in [3.05, 3.63) is 0 Å². The van der Waals surface area contributed by atoms with Crippen molar-refractivity contribution in [3.8, 4) is 0 Å². The topological polar surface area (TPSA) is 75.4 Å². The molecule has 1 saturated heterocycles. The molecule has 2 amide bonds. The van der Waals surface area contributed by atoms with E-state index in [2.05, 4.69) is 5.32 Å². The Balaban J connectivity index is 2.59. The maximum absolute atomic E-state index is 11.1. The van der Waals surface area contributed by atoms with Crippen LogP contribution in [0.1, 0.15) is 6.92 Å². The minimum absolute atomic E-state index is 0.00468. The molecular formula is C8H15N3O2. The molecule has 1 aliphatic rings. The van der Waals surface area contributed by atoms with Crippen molar-refractivity contribution in [2.24, 2.45) is 11.7 Å². The van der Waals surface area contributed by atoms with Crippen molar-refractivity contribution < 1.29 is 9.59 Å². The quantitative estimate of drug-likeness (QED) is 0.524. The second-order valence-corrected chi connectivity index (χ2v) is 3.27. The van der Waals surface area contributed by atoms with Crippen LogP contribution in [0.5, 0.6) is 0 Å². The summed E-state index contributed by atoms with van der Waals surface area (Å²) in [5, 5.41) is 3.07. The monoisotopic (exact) mass is 185 g/mol. The van der Waals surface area contributed by atoms with Gasteiger partial charge in [-0.15, -0.1) is 0 Å². The van der Waals surface area contributed by atoms with E-state index in [0.29, 0.717) is 19.6 Å². The summed E-state index contributed by atoms with van der Waals surface area (Å²) >= 11 is 0. The zero-order valence-electron chi connectivity index (χ0n) is 7.75. The highest BCUT2D eigenvalue weighted by molar-refractivity contribution is 5.79. The molecule has 1 atom stereocenters. The molecule has 0 aromatic rings. The van der Waals surface area contributed by atoms with E-state index >= 15 is 0 Å². The summed E-state index contributed by atoms with van der Waals surface area (Å²) in [6.45, 7) is 3.89. The molecule has 1 heterocycles. The Morgan fingerprint density at radius 2 is 2.23 bits per heavy atom. The normalized spacial score (nSPS) is 23.8. The molecule has 3 N–H and O–H groups in total. The number of carbonyl (C=O) groups is 2. The molecule has 5 nitrogen and oxygen atoms in total. The van der Waals surface area contributed by atoms with Crippen molar-refractivity contribution >= 4 is 11.8 Å². The Hall–Kier alpha value is -1.10. The largest absolute Gasteiger partial charge is 0.369 e. The van der Waals surface area contributed by atoms with Gasteiger partial charge in [0.15, 0.2) is 0 Å². The highest BCUT2D eigenvalue weighted by Crippen LogP contribution is 2.02. The van der Waals surface area contributed by atoms with Gasteiger partial charge in [-0.2, -0.15) is 0 Å². The van der Waals surface area contributed by atoms with Crippen molar-refractivity contribution in [1.82, 2.24) is 10.2 Å². The first kappa shape index (κ1) is 9.98. The lowest BCUT2D eigenvalue weighted by Gasteiger charge is -2.20. The van der Waals surface area contributed by atoms with E-state index in [1.165, 1.54) is 6.92 Å². The number of amides is 2. The third-order valence-corrected chi connectivity index (χ3v) is 2.24. The number of nitrogens with zero attached hydrogens (tertiary/aromatic N) is 1. The maximum Gasteiger partial charge on any atom is 0.223 e. The van der Waals surface area contributed by atoms with E-state index in [1.54, 1.807) is 4.90 Å². The van der Waals surface area contributed by atoms with Crippen LogP contribution in [0, 0.1) is 5.92 Å². The predicted molar refractivity (Wildman–Crippen MR) is 47.8 cm³/mol. The second kappa shape index (κ2) is 4.23. The predicted octanol–water partition coefficient (Wildman–Crippen LogP) is -1.46. The fraction of sp³-hybridized carbons (Fsp3) is 0.750. The second-order valence-electron chi connectivity index (χ2n) is 3.27. The number of hydrogen-bond acceptors (Lipinski definition) is 3. The van der Waals surface area contributed by atoms with Crippen molar-refractivity contribution in [2.45, 2.75) is 6.92 Å². The summed E-state index contributed by atoms with van der Waals surface area (Å²) < 4.78 is 0. The number of nitrogens with one attached hydrogen (secondary N) is 1. The average molecular weight is 185 g/mol. The fourth-order valence-corrected chi connectivity index (χ4v) is 1.39. The van der Waals surface area contributed by atoms with Gasteiger partial charge >= 0.3 is 0 Å². The Morgan fingerprint density at radius 1 is 1.54 bits per heavy atom. The third kappa shape index (κ3) is 2.69. The summed E-state index contributed by atoms with van der Waals surface area (Å²) in [6, 6.07) is 0. The number of nitrogens with two attached hydrogens (primary N) is 1. The Bertz CT molecular complexity index is 195. The fourth-order valence-electron chi connectivity index (χ4n) is 1.39. The summed E-state index contributed by atoms with van der Waals surface area (Å²) in [5.74, 6) is -0.609. The number of rotatable bonds is 1. The van der Waals surface area contributed by atoms with Crippen LogP contribution < -0.4 is 11.1 Å². The average Bonchev–Trinajstić information content (AvgIpc) is 2.28. The van der Waals surface area contributed by atoms with Crippen molar-refractivity contribution in [2.75, 3.05) is 26.2 Å². The molecular weight excluding hydrogens is 170 g/mol. The molecule has 1 aliphatic heterocycles. The van der Waals surface area contributed by atoms with E-state index < -0.39 is 0 Å². The highest BCUT2D eigenvalue weighted by Gasteiger charge is 2.22. The zero-order valence-corrected chi connectivity index (χ0v) is 7.75. The van der Waals surface area contributed by atoms with Gasteiger partial charge < -0.3 is 16.0 Å². The van der Waals surface area contributed by atoms with E-state index in [9.17, 15) is 9.59 Å². The molecule has 1 fully saturated rings. The van der Waals surface area contributed by atoms with E-state index in [4.69, 9.17) is 5.73 Å². The van der Waals surface area contributed by atoms with Crippen LogP contribution in [0.2, 0.25) is 0 Å². The van der Waals surface area contributed by atoms with Gasteiger partial charge in [0, 0.05) is 33.1 Å². The molecule has 5 heteroatoms. The molecule has 0 saturated carbocycles. The van der Waals surface area contributed by atoms with Gasteiger partial charge in [0.25, 0.3) is 0 Å². The lowest BCUT2D eigenvalue weighted by atomic mass is 10.1. The molecule has 0 radical (unpaired) electrons. The number of carbonyl (C=O) groups excluding carboxylic acids is 2. The Morgan fingerprint density at radius 3 is 2.77 bits per heavy atom. The first-order valence-corrected chi connectivity index (χ1v) is 4.37. The summed E-state index contributed by atoms with van der Waals surface area (Å²) in [7, 11) is 0. The third-order valence-electron chi connectivity index (χ3n) is 2.24. The molecule has 0 aliphatic carbocycles. The van der Waals surface area contributed by atoms with Crippen LogP contribution in [-0.2, 0) is 9.59 Å². The minimum atomic E-state index is -0.347. The first-order valence-electron chi connectivity index (χ1n) is 4.37. The van der Waals surface area contributed by atoms with Gasteiger partial charge in [-0.05, 0) is 0 Å². The van der Waals surface area contributed by atoms with Crippen molar-refractivity contribution in [3.63, 3.8) is 0 Å². The molecule has 74 valence electrons. The Kier molecular flexibility index (Phi) is 3.25. The van der Waals surface area contributed by atoms with Crippen LogP contribution in [0.25, 0.3) is 0 Å². The lowest BCUT2D eigenvalue weighted by Crippen LogP contribution is -2.39. The van der Waals surface area contributed by atoms with Gasteiger partial charge in [0.05, 0.1) is 5.92 Å². The van der Waals surface area contributed by atoms with Gasteiger partial charge in [0.1, 0.15) is 0 Å². The minimum Gasteiger partial charge on any atom is -0.369 e. The highest BCUT2D eigenvalue weighted by atomic mass is 16.2. The van der Waals surface area contributed by atoms with Crippen LogP contribution in [-0.4, -0.2) is 42.9 Å². The number of hydrogen-bond donors (Lipinski definition) is 2. The van der Waals surface area contributed by atoms with Crippen molar-refractivity contribution in [1.29, 1.82) is 0 Å². The standard InChI is InChI=1S/C8H15N3O2/c1-6(12)11-3-2-10-4-7(5-11)8(9)13/h7,10H,2-5H2,1H3,(H2,9,13)/t7-/m0/s1. The summed E-state index contributed by atoms with van der Waals surface area (Å²) in [4.78, 5) is 23.6. The van der Waals surface area contributed by atoms with Gasteiger partial charge in [-0.25, -0.2) is 0 Å². The lowest BCUT2D eigenvalue weighted by molar-refractivity contribution is -0.130. The van der Waals surface area contributed by atoms with Gasteiger partial charge in [0.2, 0.25) is 11.8 Å². The summed E-state index contributed by atoms with van der Waals surface area (Å²) in [5.41, 5.74) is 5.18. The van der Waals surface area contributed by atoms with E-state index in [1.807, 2.05) is 0 Å². The maximum atomic E-state index is 11.1. The van der Waals surface area contributed by atoms with E-state index in [-0.39, 0.29) is 17.7 Å².